The third kappa shape index (κ3) is 4.19. The van der Waals surface area contributed by atoms with Crippen LogP contribution in [0, 0.1) is 0 Å². The number of carbonyl (C=O) groups is 2. The second kappa shape index (κ2) is 4.54. The van der Waals surface area contributed by atoms with Crippen molar-refractivity contribution in [3.63, 3.8) is 0 Å². The third-order valence-electron chi connectivity index (χ3n) is 1.05. The van der Waals surface area contributed by atoms with Gasteiger partial charge in [0.2, 0.25) is 0 Å². The van der Waals surface area contributed by atoms with Crippen molar-refractivity contribution in [1.29, 1.82) is 0 Å². The molecule has 0 saturated carbocycles. The highest BCUT2D eigenvalue weighted by Crippen LogP contribution is 1.82. The molecule has 64 valence electrons. The van der Waals surface area contributed by atoms with Gasteiger partial charge in [-0.25, -0.2) is 4.79 Å². The maximum absolute atomic E-state index is 10.8. The standard InChI is InChI=1S/C6H12N2O3/c1-3-7-6(11)8(2)4-5(9)10/h3-4H2,1-2H3,(H,7,11)(H,9,10). The number of nitrogens with one attached hydrogen (secondary N) is 1. The number of carbonyl (C=O) groups excluding carboxylic acids is 1. The van der Waals surface area contributed by atoms with Gasteiger partial charge in [-0.3, -0.25) is 4.79 Å². The van der Waals surface area contributed by atoms with Gasteiger partial charge in [0.25, 0.3) is 0 Å². The van der Waals surface area contributed by atoms with E-state index in [0.717, 1.165) is 4.90 Å². The van der Waals surface area contributed by atoms with Gasteiger partial charge in [0, 0.05) is 13.6 Å². The van der Waals surface area contributed by atoms with Crippen molar-refractivity contribution < 1.29 is 14.7 Å². The molecule has 0 atom stereocenters. The Balaban J connectivity index is 3.73. The molecule has 2 amide bonds. The predicted molar refractivity (Wildman–Crippen MR) is 39.3 cm³/mol. The molecule has 0 aliphatic rings. The summed E-state index contributed by atoms with van der Waals surface area (Å²) in [5.74, 6) is -1.02. The molecule has 0 rings (SSSR count). The monoisotopic (exact) mass is 160 g/mol. The fourth-order valence-corrected chi connectivity index (χ4v) is 0.561. The molecule has 5 nitrogen and oxygen atoms in total. The number of hydrogen-bond donors (Lipinski definition) is 2. The van der Waals surface area contributed by atoms with Crippen molar-refractivity contribution in [3.8, 4) is 0 Å². The zero-order valence-electron chi connectivity index (χ0n) is 6.63. The summed E-state index contributed by atoms with van der Waals surface area (Å²) in [4.78, 5) is 22.0. The number of urea groups is 1. The Labute approximate surface area is 65.0 Å². The molecule has 0 fully saturated rings. The van der Waals surface area contributed by atoms with E-state index in [1.807, 2.05) is 0 Å². The zero-order valence-corrected chi connectivity index (χ0v) is 6.63. The maximum atomic E-state index is 10.8. The lowest BCUT2D eigenvalue weighted by Crippen LogP contribution is -2.39. The second-order valence-corrected chi connectivity index (χ2v) is 2.09. The summed E-state index contributed by atoms with van der Waals surface area (Å²) in [6.07, 6.45) is 0. The fourth-order valence-electron chi connectivity index (χ4n) is 0.561. The Morgan fingerprint density at radius 3 is 2.45 bits per heavy atom. The Morgan fingerprint density at radius 1 is 1.55 bits per heavy atom. The topological polar surface area (TPSA) is 69.6 Å². The lowest BCUT2D eigenvalue weighted by molar-refractivity contribution is -0.137. The Hall–Kier alpha value is -1.26. The summed E-state index contributed by atoms with van der Waals surface area (Å²) in [6.45, 7) is 2.00. The average Bonchev–Trinajstić information content (AvgIpc) is 1.86. The van der Waals surface area contributed by atoms with Crippen LogP contribution in [0.15, 0.2) is 0 Å². The van der Waals surface area contributed by atoms with E-state index in [9.17, 15) is 9.59 Å². The first-order valence-electron chi connectivity index (χ1n) is 3.28. The van der Waals surface area contributed by atoms with E-state index in [-0.39, 0.29) is 12.6 Å². The van der Waals surface area contributed by atoms with Crippen LogP contribution in [0.2, 0.25) is 0 Å². The van der Waals surface area contributed by atoms with Gasteiger partial charge in [-0.2, -0.15) is 0 Å². The molecule has 0 aromatic carbocycles. The Bertz CT molecular complexity index is 158. The number of rotatable bonds is 3. The van der Waals surface area contributed by atoms with Crippen molar-refractivity contribution in [3.05, 3.63) is 0 Å². The van der Waals surface area contributed by atoms with Gasteiger partial charge in [-0.1, -0.05) is 0 Å². The lowest BCUT2D eigenvalue weighted by Gasteiger charge is -2.13. The van der Waals surface area contributed by atoms with Crippen LogP contribution < -0.4 is 5.32 Å². The highest BCUT2D eigenvalue weighted by atomic mass is 16.4. The third-order valence-corrected chi connectivity index (χ3v) is 1.05. The van der Waals surface area contributed by atoms with Crippen molar-refractivity contribution >= 4 is 12.0 Å². The zero-order chi connectivity index (χ0) is 8.85. The number of carboxylic acid groups (broad SMARTS) is 1. The van der Waals surface area contributed by atoms with Crippen LogP contribution in [0.5, 0.6) is 0 Å². The first kappa shape index (κ1) is 9.74. The number of amides is 2. The Morgan fingerprint density at radius 2 is 2.09 bits per heavy atom. The lowest BCUT2D eigenvalue weighted by atomic mass is 10.6. The largest absolute Gasteiger partial charge is 0.480 e. The van der Waals surface area contributed by atoms with E-state index in [4.69, 9.17) is 5.11 Å². The summed E-state index contributed by atoms with van der Waals surface area (Å²) >= 11 is 0. The maximum Gasteiger partial charge on any atom is 0.323 e. The molecule has 0 unspecified atom stereocenters. The molecule has 0 aromatic heterocycles. The van der Waals surface area contributed by atoms with Gasteiger partial charge in [0.15, 0.2) is 0 Å². The van der Waals surface area contributed by atoms with Crippen molar-refractivity contribution in [2.75, 3.05) is 20.1 Å². The van der Waals surface area contributed by atoms with Crippen LogP contribution in [0.25, 0.3) is 0 Å². The first-order valence-corrected chi connectivity index (χ1v) is 3.28. The normalized spacial score (nSPS) is 8.91. The van der Waals surface area contributed by atoms with E-state index in [1.165, 1.54) is 7.05 Å². The molecule has 0 bridgehead atoms. The highest BCUT2D eigenvalue weighted by molar-refractivity contribution is 5.79. The van der Waals surface area contributed by atoms with E-state index in [1.54, 1.807) is 6.92 Å². The molecule has 0 aliphatic carbocycles. The number of aliphatic carboxylic acids is 1. The fraction of sp³-hybridized carbons (Fsp3) is 0.667. The molecule has 11 heavy (non-hydrogen) atoms. The van der Waals surface area contributed by atoms with E-state index in [0.29, 0.717) is 6.54 Å². The van der Waals surface area contributed by atoms with Crippen LogP contribution >= 0.6 is 0 Å². The number of likely N-dealkylation sites (N-methyl/N-ethyl adjacent to an activating group) is 1. The van der Waals surface area contributed by atoms with Gasteiger partial charge >= 0.3 is 12.0 Å². The van der Waals surface area contributed by atoms with Gasteiger partial charge in [-0.15, -0.1) is 0 Å². The van der Waals surface area contributed by atoms with Crippen molar-refractivity contribution in [2.45, 2.75) is 6.92 Å². The summed E-state index contributed by atoms with van der Waals surface area (Å²) in [5.41, 5.74) is 0. The molecule has 5 heteroatoms. The van der Waals surface area contributed by atoms with E-state index < -0.39 is 5.97 Å². The SMILES string of the molecule is CCNC(=O)N(C)CC(=O)O. The van der Waals surface area contributed by atoms with Crippen LogP contribution in [-0.2, 0) is 4.79 Å². The second-order valence-electron chi connectivity index (χ2n) is 2.09. The summed E-state index contributed by atoms with van der Waals surface area (Å²) in [7, 11) is 1.43. The first-order chi connectivity index (χ1) is 5.07. The smallest absolute Gasteiger partial charge is 0.323 e. The van der Waals surface area contributed by atoms with Gasteiger partial charge < -0.3 is 15.3 Å². The minimum Gasteiger partial charge on any atom is -0.480 e. The van der Waals surface area contributed by atoms with Crippen molar-refractivity contribution in [2.24, 2.45) is 0 Å². The van der Waals surface area contributed by atoms with Gasteiger partial charge in [-0.05, 0) is 6.92 Å². The average molecular weight is 160 g/mol. The van der Waals surface area contributed by atoms with Crippen molar-refractivity contribution in [1.82, 2.24) is 10.2 Å². The van der Waals surface area contributed by atoms with E-state index >= 15 is 0 Å². The Kier molecular flexibility index (Phi) is 4.02. The molecule has 0 heterocycles. The number of hydrogen-bond acceptors (Lipinski definition) is 2. The highest BCUT2D eigenvalue weighted by Gasteiger charge is 2.09. The van der Waals surface area contributed by atoms with Crippen LogP contribution in [0.1, 0.15) is 6.92 Å². The summed E-state index contributed by atoms with van der Waals surface area (Å²) in [6, 6.07) is -0.366. The van der Waals surface area contributed by atoms with Gasteiger partial charge in [0.1, 0.15) is 6.54 Å². The number of carboxylic acids is 1. The molecule has 2 N–H and O–H groups in total. The quantitative estimate of drug-likeness (QED) is 0.597. The van der Waals surface area contributed by atoms with Crippen LogP contribution in [0.4, 0.5) is 4.79 Å². The molecule has 0 aliphatic heterocycles. The minimum absolute atomic E-state index is 0.272. The van der Waals surface area contributed by atoms with Crippen LogP contribution in [-0.4, -0.2) is 42.1 Å². The summed E-state index contributed by atoms with van der Waals surface area (Å²) < 4.78 is 0. The number of nitrogens with zero attached hydrogens (tertiary/aromatic N) is 1. The molecular weight excluding hydrogens is 148 g/mol. The molecule has 0 saturated heterocycles. The molecular formula is C6H12N2O3. The van der Waals surface area contributed by atoms with Gasteiger partial charge in [0.05, 0.1) is 0 Å². The van der Waals surface area contributed by atoms with E-state index in [2.05, 4.69) is 5.32 Å². The minimum atomic E-state index is -1.02. The van der Waals surface area contributed by atoms with Crippen LogP contribution in [0.3, 0.4) is 0 Å². The molecule has 0 spiro atoms. The summed E-state index contributed by atoms with van der Waals surface area (Å²) in [5, 5.41) is 10.8. The molecule has 0 radical (unpaired) electrons. The predicted octanol–water partition coefficient (Wildman–Crippen LogP) is -0.268. The molecule has 0 aromatic rings.